The van der Waals surface area contributed by atoms with Gasteiger partial charge in [-0.05, 0) is 37.3 Å². The summed E-state index contributed by atoms with van der Waals surface area (Å²) in [7, 11) is 0. The van der Waals surface area contributed by atoms with Crippen LogP contribution in [-0.2, 0) is 11.3 Å². The number of rotatable bonds is 6. The van der Waals surface area contributed by atoms with Crippen molar-refractivity contribution in [2.24, 2.45) is 0 Å². The second-order valence-corrected chi connectivity index (χ2v) is 7.73. The highest BCUT2D eigenvalue weighted by molar-refractivity contribution is 5.64. The molecule has 0 spiro atoms. The Hall–Kier alpha value is -2.54. The lowest BCUT2D eigenvalue weighted by Gasteiger charge is -2.32. The molecular formula is C23H26FN3O2. The van der Waals surface area contributed by atoms with Crippen LogP contribution in [0.1, 0.15) is 24.0 Å². The van der Waals surface area contributed by atoms with Gasteiger partial charge in [-0.2, -0.15) is 5.10 Å². The lowest BCUT2D eigenvalue weighted by Crippen LogP contribution is -2.44. The van der Waals surface area contributed by atoms with Crippen molar-refractivity contribution in [1.29, 1.82) is 0 Å². The summed E-state index contributed by atoms with van der Waals surface area (Å²) in [5.74, 6) is -0.272. The number of hydrogen-bond acceptors (Lipinski definition) is 4. The minimum absolute atomic E-state index is 0.272. The third-order valence-corrected chi connectivity index (χ3v) is 5.37. The zero-order valence-corrected chi connectivity index (χ0v) is 16.6. The summed E-state index contributed by atoms with van der Waals surface area (Å²) in [6.07, 6.45) is 3.24. The van der Waals surface area contributed by atoms with E-state index < -0.39 is 5.60 Å². The highest BCUT2D eigenvalue weighted by atomic mass is 19.1. The SMILES string of the molecule is Cc1cccc(-c2nn(-c3ccc(F)cc3)cc2CNCC2(O)CCOCC2)c1. The number of aryl methyl sites for hydroxylation is 1. The molecule has 2 N–H and O–H groups in total. The van der Waals surface area contributed by atoms with Crippen molar-refractivity contribution in [3.63, 3.8) is 0 Å². The molecule has 152 valence electrons. The first-order valence-electron chi connectivity index (χ1n) is 9.95. The molecule has 5 nitrogen and oxygen atoms in total. The molecule has 4 rings (SSSR count). The molecule has 0 atom stereocenters. The molecule has 0 radical (unpaired) electrons. The normalized spacial score (nSPS) is 16.1. The van der Waals surface area contributed by atoms with Crippen LogP contribution in [-0.4, -0.2) is 40.2 Å². The Balaban J connectivity index is 1.59. The van der Waals surface area contributed by atoms with Crippen molar-refractivity contribution in [3.05, 3.63) is 71.7 Å². The van der Waals surface area contributed by atoms with Gasteiger partial charge in [-0.3, -0.25) is 0 Å². The minimum Gasteiger partial charge on any atom is -0.388 e. The fourth-order valence-electron chi connectivity index (χ4n) is 3.66. The van der Waals surface area contributed by atoms with Crippen LogP contribution in [0.3, 0.4) is 0 Å². The summed E-state index contributed by atoms with van der Waals surface area (Å²) in [4.78, 5) is 0. The molecule has 1 saturated heterocycles. The van der Waals surface area contributed by atoms with Crippen molar-refractivity contribution < 1.29 is 14.2 Å². The lowest BCUT2D eigenvalue weighted by atomic mass is 9.94. The van der Waals surface area contributed by atoms with Crippen LogP contribution in [0.2, 0.25) is 0 Å². The lowest BCUT2D eigenvalue weighted by molar-refractivity contribution is -0.0616. The van der Waals surface area contributed by atoms with Gasteiger partial charge in [0.05, 0.1) is 17.0 Å². The Morgan fingerprint density at radius 3 is 2.66 bits per heavy atom. The predicted octanol–water partition coefficient (Wildman–Crippen LogP) is 3.62. The van der Waals surface area contributed by atoms with E-state index in [4.69, 9.17) is 9.84 Å². The first-order chi connectivity index (χ1) is 14.0. The molecule has 0 bridgehead atoms. The molecule has 2 aromatic carbocycles. The van der Waals surface area contributed by atoms with E-state index >= 15 is 0 Å². The Morgan fingerprint density at radius 1 is 1.17 bits per heavy atom. The van der Waals surface area contributed by atoms with Crippen LogP contribution in [0.5, 0.6) is 0 Å². The van der Waals surface area contributed by atoms with Crippen LogP contribution in [0, 0.1) is 12.7 Å². The third-order valence-electron chi connectivity index (χ3n) is 5.37. The van der Waals surface area contributed by atoms with Crippen LogP contribution in [0.15, 0.2) is 54.7 Å². The van der Waals surface area contributed by atoms with Gasteiger partial charge in [-0.1, -0.05) is 23.8 Å². The molecule has 2 heterocycles. The molecule has 1 aromatic heterocycles. The molecule has 0 aliphatic carbocycles. The second-order valence-electron chi connectivity index (χ2n) is 7.73. The topological polar surface area (TPSA) is 59.3 Å². The standard InChI is InChI=1S/C23H26FN3O2/c1-17-3-2-4-18(13-17)22-19(14-25-16-23(28)9-11-29-12-10-23)15-27(26-22)21-7-5-20(24)6-8-21/h2-8,13,15,25,28H,9-12,14,16H2,1H3. The van der Waals surface area contributed by atoms with Crippen molar-refractivity contribution >= 4 is 0 Å². The Labute approximate surface area is 170 Å². The van der Waals surface area contributed by atoms with Gasteiger partial charge in [0.15, 0.2) is 0 Å². The first-order valence-corrected chi connectivity index (χ1v) is 9.95. The van der Waals surface area contributed by atoms with Crippen LogP contribution in [0.25, 0.3) is 16.9 Å². The summed E-state index contributed by atoms with van der Waals surface area (Å²) in [5, 5.41) is 18.9. The molecule has 3 aromatic rings. The number of aliphatic hydroxyl groups is 1. The molecule has 6 heteroatoms. The van der Waals surface area contributed by atoms with E-state index in [-0.39, 0.29) is 5.82 Å². The van der Waals surface area contributed by atoms with E-state index in [9.17, 15) is 9.50 Å². The molecule has 29 heavy (non-hydrogen) atoms. The van der Waals surface area contributed by atoms with E-state index in [1.54, 1.807) is 16.8 Å². The van der Waals surface area contributed by atoms with E-state index in [0.29, 0.717) is 39.1 Å². The largest absolute Gasteiger partial charge is 0.388 e. The number of nitrogens with zero attached hydrogens (tertiary/aromatic N) is 2. The molecule has 1 fully saturated rings. The van der Waals surface area contributed by atoms with Gasteiger partial charge < -0.3 is 15.2 Å². The van der Waals surface area contributed by atoms with Crippen molar-refractivity contribution in [2.75, 3.05) is 19.8 Å². The number of ether oxygens (including phenoxy) is 1. The predicted molar refractivity (Wildman–Crippen MR) is 110 cm³/mol. The summed E-state index contributed by atoms with van der Waals surface area (Å²) in [6, 6.07) is 14.5. The maximum absolute atomic E-state index is 13.3. The Kier molecular flexibility index (Phi) is 5.76. The smallest absolute Gasteiger partial charge is 0.123 e. The van der Waals surface area contributed by atoms with E-state index in [1.165, 1.54) is 12.1 Å². The minimum atomic E-state index is -0.727. The van der Waals surface area contributed by atoms with Crippen LogP contribution >= 0.6 is 0 Å². The fraction of sp³-hybridized carbons (Fsp3) is 0.348. The molecule has 0 unspecified atom stereocenters. The fourth-order valence-corrected chi connectivity index (χ4v) is 3.66. The number of aromatic nitrogens is 2. The summed E-state index contributed by atoms with van der Waals surface area (Å²) in [5.41, 5.74) is 4.17. The average Bonchev–Trinajstić information content (AvgIpc) is 3.13. The monoisotopic (exact) mass is 395 g/mol. The van der Waals surface area contributed by atoms with E-state index in [1.807, 2.05) is 18.3 Å². The highest BCUT2D eigenvalue weighted by Crippen LogP contribution is 2.25. The highest BCUT2D eigenvalue weighted by Gasteiger charge is 2.29. The van der Waals surface area contributed by atoms with Crippen molar-refractivity contribution in [3.8, 4) is 16.9 Å². The van der Waals surface area contributed by atoms with Gasteiger partial charge in [0.2, 0.25) is 0 Å². The maximum Gasteiger partial charge on any atom is 0.123 e. The maximum atomic E-state index is 13.3. The van der Waals surface area contributed by atoms with E-state index in [2.05, 4.69) is 24.4 Å². The summed E-state index contributed by atoms with van der Waals surface area (Å²) < 4.78 is 20.4. The summed E-state index contributed by atoms with van der Waals surface area (Å²) >= 11 is 0. The number of benzene rings is 2. The van der Waals surface area contributed by atoms with Gasteiger partial charge in [0.1, 0.15) is 5.82 Å². The molecular weight excluding hydrogens is 369 g/mol. The summed E-state index contributed by atoms with van der Waals surface area (Å²) in [6.45, 7) is 4.32. The third kappa shape index (κ3) is 4.72. The molecule has 1 aliphatic heterocycles. The molecule has 0 saturated carbocycles. The van der Waals surface area contributed by atoms with E-state index in [0.717, 1.165) is 28.1 Å². The van der Waals surface area contributed by atoms with Crippen LogP contribution in [0.4, 0.5) is 4.39 Å². The van der Waals surface area contributed by atoms with Gasteiger partial charge in [-0.25, -0.2) is 9.07 Å². The van der Waals surface area contributed by atoms with Crippen molar-refractivity contribution in [2.45, 2.75) is 31.9 Å². The quantitative estimate of drug-likeness (QED) is 0.669. The van der Waals surface area contributed by atoms with Gasteiger partial charge in [-0.15, -0.1) is 0 Å². The molecule has 0 amide bonds. The zero-order valence-electron chi connectivity index (χ0n) is 16.6. The first kappa shape index (κ1) is 19.8. The Morgan fingerprint density at radius 2 is 1.93 bits per heavy atom. The van der Waals surface area contributed by atoms with Crippen molar-refractivity contribution in [1.82, 2.24) is 15.1 Å². The van der Waals surface area contributed by atoms with Crippen LogP contribution < -0.4 is 5.32 Å². The zero-order chi connectivity index (χ0) is 20.3. The Bertz CT molecular complexity index is 963. The number of hydrogen-bond donors (Lipinski definition) is 2. The van der Waals surface area contributed by atoms with Gasteiger partial charge in [0.25, 0.3) is 0 Å². The number of halogens is 1. The van der Waals surface area contributed by atoms with Gasteiger partial charge in [0, 0.05) is 56.5 Å². The number of nitrogens with one attached hydrogen (secondary N) is 1. The molecule has 1 aliphatic rings. The average molecular weight is 395 g/mol. The second kappa shape index (κ2) is 8.45. The van der Waals surface area contributed by atoms with Gasteiger partial charge >= 0.3 is 0 Å².